The van der Waals surface area contributed by atoms with Gasteiger partial charge in [0.05, 0.1) is 11.8 Å². The molecule has 0 bridgehead atoms. The summed E-state index contributed by atoms with van der Waals surface area (Å²) in [5, 5.41) is 12.0. The molecule has 1 amide bonds. The Morgan fingerprint density at radius 2 is 2.05 bits per heavy atom. The number of hydrogen-bond donors (Lipinski definition) is 3. The van der Waals surface area contributed by atoms with Crippen LogP contribution in [-0.4, -0.2) is 30.1 Å². The Morgan fingerprint density at radius 3 is 2.58 bits per heavy atom. The molecule has 0 aliphatic heterocycles. The molecule has 0 radical (unpaired) electrons. The van der Waals surface area contributed by atoms with Crippen LogP contribution in [0.5, 0.6) is 0 Å². The zero-order valence-corrected chi connectivity index (χ0v) is 11.9. The molecule has 5 heteroatoms. The summed E-state index contributed by atoms with van der Waals surface area (Å²) in [7, 11) is 0. The third-order valence-corrected chi connectivity index (χ3v) is 3.93. The molecule has 19 heavy (non-hydrogen) atoms. The molecule has 0 aromatic rings. The van der Waals surface area contributed by atoms with Crippen molar-refractivity contribution in [3.8, 4) is 0 Å². The second-order valence-electron chi connectivity index (χ2n) is 5.94. The number of carbonyl (C=O) groups is 2. The molecule has 1 fully saturated rings. The molecule has 1 rings (SSSR count). The molecule has 0 spiro atoms. The van der Waals surface area contributed by atoms with Crippen LogP contribution in [0.2, 0.25) is 0 Å². The largest absolute Gasteiger partial charge is 0.481 e. The zero-order chi connectivity index (χ0) is 14.4. The van der Waals surface area contributed by atoms with Gasteiger partial charge >= 0.3 is 5.97 Å². The van der Waals surface area contributed by atoms with Crippen molar-refractivity contribution in [3.63, 3.8) is 0 Å². The molecule has 0 aromatic heterocycles. The summed E-state index contributed by atoms with van der Waals surface area (Å²) in [4.78, 5) is 23.1. The van der Waals surface area contributed by atoms with E-state index in [1.807, 2.05) is 0 Å². The Labute approximate surface area is 114 Å². The first-order valence-electron chi connectivity index (χ1n) is 7.16. The average molecular weight is 270 g/mol. The summed E-state index contributed by atoms with van der Waals surface area (Å²) in [6, 6.07) is 0. The van der Waals surface area contributed by atoms with E-state index in [0.717, 1.165) is 25.7 Å². The van der Waals surface area contributed by atoms with Crippen LogP contribution in [0.4, 0.5) is 0 Å². The van der Waals surface area contributed by atoms with Gasteiger partial charge in [-0.25, -0.2) is 0 Å². The molecule has 1 saturated carbocycles. The summed E-state index contributed by atoms with van der Waals surface area (Å²) in [6.45, 7) is 4.93. The maximum atomic E-state index is 12.0. The fourth-order valence-corrected chi connectivity index (χ4v) is 2.86. The number of carboxylic acids is 1. The molecular formula is C14H26N2O3. The highest BCUT2D eigenvalue weighted by atomic mass is 16.4. The van der Waals surface area contributed by atoms with E-state index in [0.29, 0.717) is 19.0 Å². The number of carbonyl (C=O) groups excluding carboxylic acids is 1. The number of hydrogen-bond acceptors (Lipinski definition) is 3. The van der Waals surface area contributed by atoms with Crippen LogP contribution in [0.1, 0.15) is 39.5 Å². The maximum Gasteiger partial charge on any atom is 0.306 e. The molecule has 0 saturated heterocycles. The van der Waals surface area contributed by atoms with Crippen molar-refractivity contribution in [1.82, 2.24) is 5.32 Å². The lowest BCUT2D eigenvalue weighted by molar-refractivity contribution is -0.143. The van der Waals surface area contributed by atoms with Crippen molar-refractivity contribution in [2.45, 2.75) is 39.5 Å². The van der Waals surface area contributed by atoms with Gasteiger partial charge in [-0.3, -0.25) is 9.59 Å². The minimum atomic E-state index is -0.741. The second-order valence-corrected chi connectivity index (χ2v) is 5.94. The highest BCUT2D eigenvalue weighted by Crippen LogP contribution is 2.31. The average Bonchev–Trinajstić information content (AvgIpc) is 2.81. The maximum absolute atomic E-state index is 12.0. The Hall–Kier alpha value is -1.10. The first kappa shape index (κ1) is 16.0. The fraction of sp³-hybridized carbons (Fsp3) is 0.857. The SMILES string of the molecule is CC(C)CC(CN)C(=O)NCC1CCCC1C(=O)O. The molecule has 1 aliphatic carbocycles. The van der Waals surface area contributed by atoms with Crippen LogP contribution < -0.4 is 11.1 Å². The molecule has 0 aromatic carbocycles. The molecule has 1 aliphatic rings. The van der Waals surface area contributed by atoms with E-state index >= 15 is 0 Å². The third-order valence-electron chi connectivity index (χ3n) is 3.93. The van der Waals surface area contributed by atoms with E-state index in [1.165, 1.54) is 0 Å². The molecule has 4 N–H and O–H groups in total. The third kappa shape index (κ3) is 4.82. The van der Waals surface area contributed by atoms with E-state index in [1.54, 1.807) is 0 Å². The van der Waals surface area contributed by atoms with Crippen LogP contribution in [0.25, 0.3) is 0 Å². The van der Waals surface area contributed by atoms with Crippen molar-refractivity contribution < 1.29 is 14.7 Å². The zero-order valence-electron chi connectivity index (χ0n) is 11.9. The number of carboxylic acid groups (broad SMARTS) is 1. The van der Waals surface area contributed by atoms with Crippen LogP contribution in [0.15, 0.2) is 0 Å². The van der Waals surface area contributed by atoms with Crippen LogP contribution in [0, 0.1) is 23.7 Å². The Kier molecular flexibility index (Phi) is 6.28. The molecule has 3 atom stereocenters. The standard InChI is InChI=1S/C14H26N2O3/c1-9(2)6-11(7-15)13(17)16-8-10-4-3-5-12(10)14(18)19/h9-12H,3-8,15H2,1-2H3,(H,16,17)(H,18,19). The van der Waals surface area contributed by atoms with Crippen molar-refractivity contribution in [2.75, 3.05) is 13.1 Å². The van der Waals surface area contributed by atoms with Gasteiger partial charge in [0.2, 0.25) is 5.91 Å². The van der Waals surface area contributed by atoms with Gasteiger partial charge in [0.25, 0.3) is 0 Å². The van der Waals surface area contributed by atoms with Crippen LogP contribution >= 0.6 is 0 Å². The Morgan fingerprint density at radius 1 is 1.37 bits per heavy atom. The first-order valence-corrected chi connectivity index (χ1v) is 7.16. The second kappa shape index (κ2) is 7.48. The molecule has 110 valence electrons. The number of nitrogens with one attached hydrogen (secondary N) is 1. The minimum Gasteiger partial charge on any atom is -0.481 e. The molecule has 0 heterocycles. The summed E-state index contributed by atoms with van der Waals surface area (Å²) < 4.78 is 0. The Balaban J connectivity index is 2.42. The Bertz CT molecular complexity index is 318. The molecule has 5 nitrogen and oxygen atoms in total. The van der Waals surface area contributed by atoms with Gasteiger partial charge in [0.1, 0.15) is 0 Å². The first-order chi connectivity index (χ1) is 8.95. The van der Waals surface area contributed by atoms with Crippen LogP contribution in [0.3, 0.4) is 0 Å². The highest BCUT2D eigenvalue weighted by molar-refractivity contribution is 5.79. The monoisotopic (exact) mass is 270 g/mol. The summed E-state index contributed by atoms with van der Waals surface area (Å²) in [5.41, 5.74) is 5.63. The van der Waals surface area contributed by atoms with Crippen LogP contribution in [-0.2, 0) is 9.59 Å². The lowest BCUT2D eigenvalue weighted by Crippen LogP contribution is -2.39. The summed E-state index contributed by atoms with van der Waals surface area (Å²) in [5.74, 6) is -0.746. The highest BCUT2D eigenvalue weighted by Gasteiger charge is 2.33. The van der Waals surface area contributed by atoms with Crippen molar-refractivity contribution >= 4 is 11.9 Å². The van der Waals surface area contributed by atoms with Gasteiger partial charge in [-0.15, -0.1) is 0 Å². The predicted molar refractivity (Wildman–Crippen MR) is 73.5 cm³/mol. The van der Waals surface area contributed by atoms with Gasteiger partial charge in [-0.05, 0) is 31.1 Å². The van der Waals surface area contributed by atoms with Crippen molar-refractivity contribution in [1.29, 1.82) is 0 Å². The lowest BCUT2D eigenvalue weighted by Gasteiger charge is -2.20. The summed E-state index contributed by atoms with van der Waals surface area (Å²) in [6.07, 6.45) is 3.32. The fourth-order valence-electron chi connectivity index (χ4n) is 2.86. The number of nitrogens with two attached hydrogens (primary N) is 1. The molecular weight excluding hydrogens is 244 g/mol. The topological polar surface area (TPSA) is 92.4 Å². The lowest BCUT2D eigenvalue weighted by atomic mass is 9.94. The predicted octanol–water partition coefficient (Wildman–Crippen LogP) is 1.22. The van der Waals surface area contributed by atoms with E-state index < -0.39 is 5.97 Å². The van der Waals surface area contributed by atoms with Gasteiger partial charge in [-0.2, -0.15) is 0 Å². The van der Waals surface area contributed by atoms with E-state index in [9.17, 15) is 9.59 Å². The van der Waals surface area contributed by atoms with Crippen molar-refractivity contribution in [2.24, 2.45) is 29.4 Å². The van der Waals surface area contributed by atoms with Gasteiger partial charge in [-0.1, -0.05) is 20.3 Å². The minimum absolute atomic E-state index is 0.0350. The normalized spacial score (nSPS) is 24.4. The summed E-state index contributed by atoms with van der Waals surface area (Å²) >= 11 is 0. The number of aliphatic carboxylic acids is 1. The van der Waals surface area contributed by atoms with E-state index in [2.05, 4.69) is 19.2 Å². The quantitative estimate of drug-likeness (QED) is 0.648. The molecule has 3 unspecified atom stereocenters. The van der Waals surface area contributed by atoms with E-state index in [-0.39, 0.29) is 23.7 Å². The van der Waals surface area contributed by atoms with Gasteiger partial charge < -0.3 is 16.2 Å². The van der Waals surface area contributed by atoms with Gasteiger partial charge in [0, 0.05) is 13.1 Å². The van der Waals surface area contributed by atoms with Crippen molar-refractivity contribution in [3.05, 3.63) is 0 Å². The number of rotatable bonds is 7. The smallest absolute Gasteiger partial charge is 0.306 e. The number of amides is 1. The van der Waals surface area contributed by atoms with Gasteiger partial charge in [0.15, 0.2) is 0 Å². The van der Waals surface area contributed by atoms with E-state index in [4.69, 9.17) is 10.8 Å².